The summed E-state index contributed by atoms with van der Waals surface area (Å²) < 4.78 is 42.0. The van der Waals surface area contributed by atoms with Gasteiger partial charge >= 0.3 is 6.18 Å². The van der Waals surface area contributed by atoms with E-state index in [1.54, 1.807) is 35.6 Å². The molecule has 0 amide bonds. The average molecular weight is 294 g/mol. The Kier molecular flexibility index (Phi) is 2.76. The second-order valence-corrected chi connectivity index (χ2v) is 4.96. The molecule has 4 nitrogen and oxygen atoms in total. The van der Waals surface area contributed by atoms with E-state index in [4.69, 9.17) is 5.73 Å². The molecule has 2 heterocycles. The maximum atomic E-state index is 12.9. The summed E-state index contributed by atoms with van der Waals surface area (Å²) in [5.41, 5.74) is 7.05. The number of hydrogen-bond donors (Lipinski definition) is 1. The first kappa shape index (κ1) is 13.5. The molecule has 2 N–H and O–H groups in total. The summed E-state index contributed by atoms with van der Waals surface area (Å²) in [4.78, 5) is 0. The molecule has 21 heavy (non-hydrogen) atoms. The fourth-order valence-electron chi connectivity index (χ4n) is 2.51. The quantitative estimate of drug-likeness (QED) is 0.749. The van der Waals surface area contributed by atoms with Gasteiger partial charge in [-0.25, -0.2) is 0 Å². The number of benzene rings is 1. The molecule has 2 aromatic heterocycles. The van der Waals surface area contributed by atoms with Crippen LogP contribution in [0, 0.1) is 0 Å². The van der Waals surface area contributed by atoms with Crippen LogP contribution in [0.25, 0.3) is 22.2 Å². The third-order valence-electron chi connectivity index (χ3n) is 3.49. The fourth-order valence-corrected chi connectivity index (χ4v) is 2.51. The second kappa shape index (κ2) is 4.28. The predicted octanol–water partition coefficient (Wildman–Crippen LogP) is 3.18. The number of rotatable bonds is 1. The van der Waals surface area contributed by atoms with Gasteiger partial charge in [0, 0.05) is 42.8 Å². The number of nitrogens with two attached hydrogens (primary N) is 1. The van der Waals surface area contributed by atoms with Crippen molar-refractivity contribution < 1.29 is 13.2 Å². The summed E-state index contributed by atoms with van der Waals surface area (Å²) in [6.07, 6.45) is -2.59. The lowest BCUT2D eigenvalue weighted by molar-refractivity contribution is -0.137. The predicted molar refractivity (Wildman–Crippen MR) is 74.5 cm³/mol. The van der Waals surface area contributed by atoms with Gasteiger partial charge in [-0.15, -0.1) is 0 Å². The zero-order valence-corrected chi connectivity index (χ0v) is 11.4. The monoisotopic (exact) mass is 294 g/mol. The van der Waals surface area contributed by atoms with Gasteiger partial charge in [-0.2, -0.15) is 18.3 Å². The Morgan fingerprint density at radius 1 is 1.14 bits per heavy atom. The number of halogens is 3. The standard InChI is InChI=1S/C14H13F3N4/c1-20-7-10(12-6-13(18)19-21(12)2)9-5-8(14(15,16)17)3-4-11(9)20/h3-7H,1-2H3,(H2,18,19). The fraction of sp³-hybridized carbons (Fsp3) is 0.214. The highest BCUT2D eigenvalue weighted by molar-refractivity contribution is 5.96. The molecular weight excluding hydrogens is 281 g/mol. The Bertz CT molecular complexity index is 827. The highest BCUT2D eigenvalue weighted by Gasteiger charge is 2.31. The molecule has 0 bridgehead atoms. The first-order valence-electron chi connectivity index (χ1n) is 6.23. The van der Waals surface area contributed by atoms with Crippen LogP contribution < -0.4 is 5.73 Å². The molecule has 0 fully saturated rings. The molecule has 3 rings (SSSR count). The van der Waals surface area contributed by atoms with Crippen LogP contribution in [0.4, 0.5) is 19.0 Å². The van der Waals surface area contributed by atoms with E-state index in [0.29, 0.717) is 22.5 Å². The molecule has 0 aliphatic rings. The topological polar surface area (TPSA) is 48.8 Å². The SMILES string of the molecule is Cn1nc(N)cc1-c1cn(C)c2ccc(C(F)(F)F)cc12. The Labute approximate surface area is 118 Å². The molecule has 0 aliphatic carbocycles. The van der Waals surface area contributed by atoms with Crippen LogP contribution in [0.15, 0.2) is 30.5 Å². The van der Waals surface area contributed by atoms with Crippen molar-refractivity contribution in [2.75, 3.05) is 5.73 Å². The number of nitrogen functional groups attached to an aromatic ring is 1. The number of anilines is 1. The van der Waals surface area contributed by atoms with Gasteiger partial charge in [-0.1, -0.05) is 0 Å². The molecule has 0 spiro atoms. The van der Waals surface area contributed by atoms with Crippen LogP contribution in [-0.4, -0.2) is 14.3 Å². The van der Waals surface area contributed by atoms with Crippen molar-refractivity contribution >= 4 is 16.7 Å². The Morgan fingerprint density at radius 2 is 1.86 bits per heavy atom. The molecule has 3 aromatic rings. The van der Waals surface area contributed by atoms with E-state index in [-0.39, 0.29) is 0 Å². The minimum absolute atomic E-state index is 0.330. The van der Waals surface area contributed by atoms with Gasteiger partial charge in [0.2, 0.25) is 0 Å². The van der Waals surface area contributed by atoms with Crippen LogP contribution in [-0.2, 0) is 20.3 Å². The minimum atomic E-state index is -4.37. The van der Waals surface area contributed by atoms with Gasteiger partial charge in [0.25, 0.3) is 0 Å². The minimum Gasteiger partial charge on any atom is -0.382 e. The van der Waals surface area contributed by atoms with Crippen LogP contribution in [0.3, 0.4) is 0 Å². The van der Waals surface area contributed by atoms with E-state index in [0.717, 1.165) is 17.6 Å². The molecule has 0 saturated carbocycles. The van der Waals surface area contributed by atoms with Gasteiger partial charge < -0.3 is 10.3 Å². The van der Waals surface area contributed by atoms with Crippen LogP contribution in [0.2, 0.25) is 0 Å². The van der Waals surface area contributed by atoms with Crippen molar-refractivity contribution in [3.8, 4) is 11.3 Å². The van der Waals surface area contributed by atoms with E-state index in [9.17, 15) is 13.2 Å². The van der Waals surface area contributed by atoms with Crippen LogP contribution in [0.1, 0.15) is 5.56 Å². The van der Waals surface area contributed by atoms with Crippen LogP contribution >= 0.6 is 0 Å². The highest BCUT2D eigenvalue weighted by atomic mass is 19.4. The number of nitrogens with zero attached hydrogens (tertiary/aromatic N) is 3. The van der Waals surface area contributed by atoms with E-state index in [1.807, 2.05) is 0 Å². The largest absolute Gasteiger partial charge is 0.416 e. The summed E-state index contributed by atoms with van der Waals surface area (Å²) in [5, 5.41) is 4.56. The smallest absolute Gasteiger partial charge is 0.382 e. The van der Waals surface area contributed by atoms with E-state index in [2.05, 4.69) is 5.10 Å². The van der Waals surface area contributed by atoms with Crippen molar-refractivity contribution in [1.29, 1.82) is 0 Å². The van der Waals surface area contributed by atoms with Crippen molar-refractivity contribution in [3.63, 3.8) is 0 Å². The summed E-state index contributed by atoms with van der Waals surface area (Å²) in [6, 6.07) is 5.37. The van der Waals surface area contributed by atoms with Crippen LogP contribution in [0.5, 0.6) is 0 Å². The van der Waals surface area contributed by atoms with E-state index < -0.39 is 11.7 Å². The Balaban J connectivity index is 2.30. The van der Waals surface area contributed by atoms with E-state index in [1.165, 1.54) is 6.07 Å². The maximum absolute atomic E-state index is 12.9. The number of aryl methyl sites for hydroxylation is 2. The highest BCUT2D eigenvalue weighted by Crippen LogP contribution is 2.36. The molecule has 0 radical (unpaired) electrons. The first-order chi connectivity index (χ1) is 9.77. The zero-order valence-electron chi connectivity index (χ0n) is 11.4. The maximum Gasteiger partial charge on any atom is 0.416 e. The zero-order chi connectivity index (χ0) is 15.4. The summed E-state index contributed by atoms with van der Waals surface area (Å²) in [7, 11) is 3.50. The molecule has 110 valence electrons. The molecule has 0 saturated heterocycles. The average Bonchev–Trinajstić information content (AvgIpc) is 2.88. The van der Waals surface area contributed by atoms with Crippen molar-refractivity contribution in [3.05, 3.63) is 36.0 Å². The lowest BCUT2D eigenvalue weighted by Gasteiger charge is -2.07. The Morgan fingerprint density at radius 3 is 2.43 bits per heavy atom. The summed E-state index contributed by atoms with van der Waals surface area (Å²) in [6.45, 7) is 0. The molecule has 0 atom stereocenters. The summed E-state index contributed by atoms with van der Waals surface area (Å²) >= 11 is 0. The lowest BCUT2D eigenvalue weighted by Crippen LogP contribution is -2.04. The van der Waals surface area contributed by atoms with Gasteiger partial charge in [-0.05, 0) is 18.2 Å². The molecule has 7 heteroatoms. The van der Waals surface area contributed by atoms with Gasteiger partial charge in [0.05, 0.1) is 11.3 Å². The lowest BCUT2D eigenvalue weighted by atomic mass is 10.1. The van der Waals surface area contributed by atoms with E-state index >= 15 is 0 Å². The third-order valence-corrected chi connectivity index (χ3v) is 3.49. The molecule has 0 aliphatic heterocycles. The van der Waals surface area contributed by atoms with Crippen molar-refractivity contribution in [2.24, 2.45) is 14.1 Å². The second-order valence-electron chi connectivity index (χ2n) is 4.96. The molecule has 1 aromatic carbocycles. The molecular formula is C14H13F3N4. The number of hydrogen-bond acceptors (Lipinski definition) is 2. The Hall–Kier alpha value is -2.44. The third kappa shape index (κ3) is 2.14. The van der Waals surface area contributed by atoms with Gasteiger partial charge in [0.1, 0.15) is 5.82 Å². The number of alkyl halides is 3. The number of aromatic nitrogens is 3. The number of fused-ring (bicyclic) bond motifs is 1. The normalized spacial score (nSPS) is 12.2. The first-order valence-corrected chi connectivity index (χ1v) is 6.23. The van der Waals surface area contributed by atoms with Crippen molar-refractivity contribution in [2.45, 2.75) is 6.18 Å². The van der Waals surface area contributed by atoms with Gasteiger partial charge in [0.15, 0.2) is 0 Å². The summed E-state index contributed by atoms with van der Waals surface area (Å²) in [5.74, 6) is 0.330. The van der Waals surface area contributed by atoms with Gasteiger partial charge in [-0.3, -0.25) is 4.68 Å². The molecule has 0 unspecified atom stereocenters. The van der Waals surface area contributed by atoms with Crippen molar-refractivity contribution in [1.82, 2.24) is 14.3 Å².